The van der Waals surface area contributed by atoms with Gasteiger partial charge in [-0.1, -0.05) is 12.1 Å². The Bertz CT molecular complexity index is 1060. The highest BCUT2D eigenvalue weighted by atomic mass is 32.1. The van der Waals surface area contributed by atoms with Crippen molar-refractivity contribution in [3.8, 4) is 16.3 Å². The molecule has 9 heteroatoms. The van der Waals surface area contributed by atoms with E-state index in [4.69, 9.17) is 4.74 Å². The maximum atomic E-state index is 13.2. The number of thiazole rings is 1. The van der Waals surface area contributed by atoms with Crippen LogP contribution in [0.4, 0.5) is 23.7 Å². The van der Waals surface area contributed by atoms with Crippen molar-refractivity contribution in [2.45, 2.75) is 19.1 Å². The second kappa shape index (κ2) is 7.98. The van der Waals surface area contributed by atoms with Gasteiger partial charge in [0.05, 0.1) is 30.6 Å². The van der Waals surface area contributed by atoms with Crippen molar-refractivity contribution in [1.29, 1.82) is 0 Å². The summed E-state index contributed by atoms with van der Waals surface area (Å²) in [7, 11) is 1.60. The predicted molar refractivity (Wildman–Crippen MR) is 109 cm³/mol. The van der Waals surface area contributed by atoms with Crippen molar-refractivity contribution in [1.82, 2.24) is 9.88 Å². The Hall–Kier alpha value is -3.07. The van der Waals surface area contributed by atoms with E-state index in [0.29, 0.717) is 19.5 Å². The van der Waals surface area contributed by atoms with Gasteiger partial charge < -0.3 is 15.0 Å². The Labute approximate surface area is 175 Å². The minimum atomic E-state index is -4.54. The second-order valence-corrected chi connectivity index (χ2v) is 7.85. The molecule has 0 saturated heterocycles. The maximum Gasteiger partial charge on any atom is 0.418 e. The number of carbonyl (C=O) groups excluding carboxylic acids is 1. The monoisotopic (exact) mass is 433 g/mol. The normalized spacial score (nSPS) is 13.7. The zero-order chi connectivity index (χ0) is 21.3. The van der Waals surface area contributed by atoms with Crippen LogP contribution in [0.15, 0.2) is 48.5 Å². The minimum absolute atomic E-state index is 0.246. The molecule has 0 spiro atoms. The number of alkyl halides is 3. The fraction of sp³-hybridized carbons (Fsp3) is 0.238. The Kier molecular flexibility index (Phi) is 5.38. The van der Waals surface area contributed by atoms with Gasteiger partial charge in [0.15, 0.2) is 0 Å². The number of para-hydroxylation sites is 1. The van der Waals surface area contributed by atoms with Crippen LogP contribution in [-0.4, -0.2) is 29.6 Å². The molecule has 156 valence electrons. The smallest absolute Gasteiger partial charge is 0.418 e. The summed E-state index contributed by atoms with van der Waals surface area (Å²) in [5, 5.41) is 3.25. The molecule has 0 unspecified atom stereocenters. The average Bonchev–Trinajstić information content (AvgIpc) is 3.17. The lowest BCUT2D eigenvalue weighted by Gasteiger charge is -2.27. The van der Waals surface area contributed by atoms with Gasteiger partial charge in [0, 0.05) is 23.4 Å². The average molecular weight is 433 g/mol. The zero-order valence-electron chi connectivity index (χ0n) is 16.0. The summed E-state index contributed by atoms with van der Waals surface area (Å²) < 4.78 is 44.7. The number of halogens is 3. The highest BCUT2D eigenvalue weighted by Crippen LogP contribution is 2.35. The molecule has 2 aromatic carbocycles. The molecule has 3 aromatic rings. The van der Waals surface area contributed by atoms with Gasteiger partial charge in [0.1, 0.15) is 10.8 Å². The molecule has 1 aliphatic rings. The number of methoxy groups -OCH3 is 1. The van der Waals surface area contributed by atoms with Crippen LogP contribution in [0.1, 0.15) is 16.1 Å². The largest absolute Gasteiger partial charge is 0.497 e. The number of carbonyl (C=O) groups is 1. The topological polar surface area (TPSA) is 54.5 Å². The second-order valence-electron chi connectivity index (χ2n) is 6.76. The number of nitrogens with zero attached hydrogens (tertiary/aromatic N) is 2. The van der Waals surface area contributed by atoms with Gasteiger partial charge in [-0.3, -0.25) is 0 Å². The molecule has 0 atom stereocenters. The molecule has 30 heavy (non-hydrogen) atoms. The van der Waals surface area contributed by atoms with E-state index in [1.165, 1.54) is 34.4 Å². The van der Waals surface area contributed by atoms with E-state index in [2.05, 4.69) is 10.3 Å². The van der Waals surface area contributed by atoms with Crippen molar-refractivity contribution >= 4 is 23.1 Å². The van der Waals surface area contributed by atoms with E-state index >= 15 is 0 Å². The summed E-state index contributed by atoms with van der Waals surface area (Å²) in [6.45, 7) is 0.696. The third kappa shape index (κ3) is 4.11. The third-order valence-corrected chi connectivity index (χ3v) is 5.96. The molecular weight excluding hydrogens is 415 g/mol. The summed E-state index contributed by atoms with van der Waals surface area (Å²) in [5.74, 6) is 0.752. The fourth-order valence-electron chi connectivity index (χ4n) is 3.26. The van der Waals surface area contributed by atoms with Crippen molar-refractivity contribution in [3.63, 3.8) is 0 Å². The van der Waals surface area contributed by atoms with Gasteiger partial charge in [-0.2, -0.15) is 13.2 Å². The van der Waals surface area contributed by atoms with Gasteiger partial charge in [0.25, 0.3) is 0 Å². The molecule has 1 aromatic heterocycles. The number of fused-ring (bicyclic) bond motifs is 1. The van der Waals surface area contributed by atoms with E-state index in [-0.39, 0.29) is 5.69 Å². The van der Waals surface area contributed by atoms with Gasteiger partial charge in [-0.05, 0) is 36.4 Å². The molecule has 0 radical (unpaired) electrons. The van der Waals surface area contributed by atoms with Crippen molar-refractivity contribution in [2.75, 3.05) is 19.0 Å². The van der Waals surface area contributed by atoms with Gasteiger partial charge in [0.2, 0.25) is 0 Å². The molecule has 0 aliphatic carbocycles. The number of nitrogens with one attached hydrogen (secondary N) is 1. The van der Waals surface area contributed by atoms with Crippen LogP contribution in [0, 0.1) is 0 Å². The number of hydrogen-bond acceptors (Lipinski definition) is 4. The quantitative estimate of drug-likeness (QED) is 0.600. The van der Waals surface area contributed by atoms with Gasteiger partial charge >= 0.3 is 12.2 Å². The number of aromatic nitrogens is 1. The number of benzene rings is 2. The van der Waals surface area contributed by atoms with Crippen molar-refractivity contribution in [3.05, 3.63) is 64.7 Å². The highest BCUT2D eigenvalue weighted by Gasteiger charge is 2.34. The molecule has 4 rings (SSSR count). The zero-order valence-corrected chi connectivity index (χ0v) is 16.8. The first-order chi connectivity index (χ1) is 14.3. The van der Waals surface area contributed by atoms with Crippen molar-refractivity contribution in [2.24, 2.45) is 0 Å². The standard InChI is InChI=1S/C21H18F3N3O2S/c1-29-14-8-6-13(7-9-14)19-25-17-10-11-27(12-18(17)30-19)20(28)26-16-5-3-2-4-15(16)21(22,23)24/h2-9H,10-12H2,1H3,(H,26,28). The van der Waals surface area contributed by atoms with Crippen LogP contribution in [-0.2, 0) is 19.1 Å². The molecule has 2 heterocycles. The molecule has 1 N–H and O–H groups in total. The maximum absolute atomic E-state index is 13.2. The van der Waals surface area contributed by atoms with Crippen LogP contribution in [0.2, 0.25) is 0 Å². The summed E-state index contributed by atoms with van der Waals surface area (Å²) in [5.41, 5.74) is 0.760. The summed E-state index contributed by atoms with van der Waals surface area (Å²) in [4.78, 5) is 19.7. The molecule has 1 aliphatic heterocycles. The lowest BCUT2D eigenvalue weighted by atomic mass is 10.1. The van der Waals surface area contributed by atoms with E-state index in [1.807, 2.05) is 24.3 Å². The number of urea groups is 1. The van der Waals surface area contributed by atoms with E-state index in [0.717, 1.165) is 33.0 Å². The van der Waals surface area contributed by atoms with Crippen LogP contribution >= 0.6 is 11.3 Å². The molecular formula is C21H18F3N3O2S. The lowest BCUT2D eigenvalue weighted by molar-refractivity contribution is -0.136. The first-order valence-electron chi connectivity index (χ1n) is 9.20. The van der Waals surface area contributed by atoms with Crippen LogP contribution in [0.5, 0.6) is 5.75 Å². The van der Waals surface area contributed by atoms with E-state index in [9.17, 15) is 18.0 Å². The minimum Gasteiger partial charge on any atom is -0.497 e. The predicted octanol–water partition coefficient (Wildman–Crippen LogP) is 5.43. The number of rotatable bonds is 3. The molecule has 0 fully saturated rings. The highest BCUT2D eigenvalue weighted by molar-refractivity contribution is 7.15. The van der Waals surface area contributed by atoms with E-state index < -0.39 is 17.8 Å². The summed E-state index contributed by atoms with van der Waals surface area (Å²) in [6, 6.07) is 12.0. The number of hydrogen-bond donors (Lipinski definition) is 1. The number of amides is 2. The molecule has 2 amide bonds. The van der Waals surface area contributed by atoms with E-state index in [1.54, 1.807) is 7.11 Å². The molecule has 0 saturated carbocycles. The fourth-order valence-corrected chi connectivity index (χ4v) is 4.39. The Morgan fingerprint density at radius 3 is 2.60 bits per heavy atom. The molecule has 5 nitrogen and oxygen atoms in total. The van der Waals surface area contributed by atoms with Crippen LogP contribution in [0.25, 0.3) is 10.6 Å². The van der Waals surface area contributed by atoms with Crippen LogP contribution in [0.3, 0.4) is 0 Å². The van der Waals surface area contributed by atoms with Gasteiger partial charge in [-0.15, -0.1) is 11.3 Å². The first-order valence-corrected chi connectivity index (χ1v) is 10.0. The SMILES string of the molecule is COc1ccc(-c2nc3c(s2)CN(C(=O)Nc2ccccc2C(F)(F)F)CC3)cc1. The third-order valence-electron chi connectivity index (χ3n) is 4.83. The van der Waals surface area contributed by atoms with Gasteiger partial charge in [-0.25, -0.2) is 9.78 Å². The summed E-state index contributed by atoms with van der Waals surface area (Å²) in [6.07, 6.45) is -3.99. The number of ether oxygens (including phenoxy) is 1. The summed E-state index contributed by atoms with van der Waals surface area (Å²) >= 11 is 1.48. The number of anilines is 1. The Morgan fingerprint density at radius 2 is 1.90 bits per heavy atom. The van der Waals surface area contributed by atoms with Crippen LogP contribution < -0.4 is 10.1 Å². The first kappa shape index (κ1) is 20.2. The Morgan fingerprint density at radius 1 is 1.17 bits per heavy atom. The lowest BCUT2D eigenvalue weighted by Crippen LogP contribution is -2.38. The Balaban J connectivity index is 1.49. The molecule has 0 bridgehead atoms. The van der Waals surface area contributed by atoms with Crippen molar-refractivity contribution < 1.29 is 22.7 Å².